The van der Waals surface area contributed by atoms with Crippen molar-refractivity contribution >= 4 is 28.9 Å². The molecular formula is C20H19N3O5. The van der Waals surface area contributed by atoms with E-state index >= 15 is 0 Å². The summed E-state index contributed by atoms with van der Waals surface area (Å²) in [5, 5.41) is 14.9. The topological polar surface area (TPSA) is 121 Å². The number of fused-ring (bicyclic) bond motifs is 1. The molecular weight excluding hydrogens is 362 g/mol. The predicted molar refractivity (Wildman–Crippen MR) is 102 cm³/mol. The minimum atomic E-state index is -1.32. The number of alkyl carbamates (subject to hydrolysis) is 1. The van der Waals surface area contributed by atoms with Crippen LogP contribution >= 0.6 is 0 Å². The summed E-state index contributed by atoms with van der Waals surface area (Å²) < 4.78 is 5.01. The fourth-order valence-corrected chi connectivity index (χ4v) is 2.59. The minimum Gasteiger partial charge on any atom is -0.480 e. The lowest BCUT2D eigenvalue weighted by atomic mass is 10.2. The number of aromatic nitrogens is 1. The molecule has 1 heterocycles. The molecule has 3 rings (SSSR count). The molecule has 1 atom stereocenters. The van der Waals surface area contributed by atoms with E-state index in [-0.39, 0.29) is 13.2 Å². The molecule has 3 aromatic rings. The van der Waals surface area contributed by atoms with Gasteiger partial charge in [-0.3, -0.25) is 4.79 Å². The molecule has 0 bridgehead atoms. The first-order valence-electron chi connectivity index (χ1n) is 8.59. The number of nitrogens with one attached hydrogen (secondary N) is 3. The van der Waals surface area contributed by atoms with Crippen molar-refractivity contribution < 1.29 is 24.2 Å². The number of amides is 2. The fourth-order valence-electron chi connectivity index (χ4n) is 2.59. The Morgan fingerprint density at radius 1 is 1.04 bits per heavy atom. The number of H-pyrrole nitrogens is 1. The van der Waals surface area contributed by atoms with Crippen LogP contribution in [0.5, 0.6) is 0 Å². The van der Waals surface area contributed by atoms with Gasteiger partial charge in [-0.05, 0) is 17.7 Å². The lowest BCUT2D eigenvalue weighted by molar-refractivity contribution is -0.139. The summed E-state index contributed by atoms with van der Waals surface area (Å²) in [6.45, 7) is -0.273. The van der Waals surface area contributed by atoms with Crippen molar-refractivity contribution in [2.24, 2.45) is 0 Å². The van der Waals surface area contributed by atoms with E-state index in [1.54, 1.807) is 30.3 Å². The second kappa shape index (κ2) is 8.72. The number of benzene rings is 2. The first-order chi connectivity index (χ1) is 13.5. The molecule has 0 saturated carbocycles. The van der Waals surface area contributed by atoms with Gasteiger partial charge in [0, 0.05) is 17.4 Å². The van der Waals surface area contributed by atoms with Gasteiger partial charge in [0.15, 0.2) is 0 Å². The van der Waals surface area contributed by atoms with E-state index in [2.05, 4.69) is 15.6 Å². The van der Waals surface area contributed by atoms with Crippen molar-refractivity contribution in [3.8, 4) is 0 Å². The van der Waals surface area contributed by atoms with Crippen molar-refractivity contribution in [3.05, 3.63) is 71.9 Å². The summed E-state index contributed by atoms with van der Waals surface area (Å²) in [6, 6.07) is 16.7. The molecule has 0 aliphatic rings. The number of hydrogen-bond donors (Lipinski definition) is 4. The minimum absolute atomic E-state index is 0.0143. The molecule has 0 aliphatic carbocycles. The highest BCUT2D eigenvalue weighted by atomic mass is 16.5. The zero-order valence-corrected chi connectivity index (χ0v) is 14.8. The molecule has 0 fully saturated rings. The number of para-hydroxylation sites is 1. The highest BCUT2D eigenvalue weighted by Crippen LogP contribution is 2.14. The van der Waals surface area contributed by atoms with Crippen molar-refractivity contribution in [1.29, 1.82) is 0 Å². The summed E-state index contributed by atoms with van der Waals surface area (Å²) in [6.07, 6.45) is -0.879. The number of aliphatic carboxylic acids is 1. The van der Waals surface area contributed by atoms with Gasteiger partial charge in [-0.25, -0.2) is 9.59 Å². The number of carbonyl (C=O) groups excluding carboxylic acids is 2. The van der Waals surface area contributed by atoms with E-state index in [4.69, 9.17) is 4.74 Å². The normalized spacial score (nSPS) is 11.6. The Kier molecular flexibility index (Phi) is 5.91. The fraction of sp³-hybridized carbons (Fsp3) is 0.150. The number of carboxylic acid groups (broad SMARTS) is 1. The smallest absolute Gasteiger partial charge is 0.408 e. The van der Waals surface area contributed by atoms with Crippen LogP contribution in [0.1, 0.15) is 16.1 Å². The highest BCUT2D eigenvalue weighted by molar-refractivity contribution is 5.98. The Hall–Kier alpha value is -3.81. The van der Waals surface area contributed by atoms with Crippen LogP contribution in [0, 0.1) is 0 Å². The van der Waals surface area contributed by atoms with Crippen LogP contribution in [-0.2, 0) is 16.1 Å². The molecule has 0 spiro atoms. The standard InChI is InChI=1S/C20H19N3O5/c24-18(16-10-14-8-4-5-9-15(14)22-16)21-11-17(19(25)26)23-20(27)28-12-13-6-2-1-3-7-13/h1-10,17,22H,11-12H2,(H,21,24)(H,23,27)(H,25,26)/t17-/m0/s1. The monoisotopic (exact) mass is 381 g/mol. The molecule has 8 heteroatoms. The van der Waals surface area contributed by atoms with Crippen molar-refractivity contribution in [3.63, 3.8) is 0 Å². The molecule has 28 heavy (non-hydrogen) atoms. The van der Waals surface area contributed by atoms with E-state index in [0.717, 1.165) is 16.5 Å². The number of hydrogen-bond acceptors (Lipinski definition) is 4. The maximum absolute atomic E-state index is 12.3. The molecule has 4 N–H and O–H groups in total. The van der Waals surface area contributed by atoms with Crippen molar-refractivity contribution in [1.82, 2.24) is 15.6 Å². The molecule has 0 saturated heterocycles. The van der Waals surface area contributed by atoms with Crippen LogP contribution in [0.4, 0.5) is 4.79 Å². The number of carbonyl (C=O) groups is 3. The second-order valence-corrected chi connectivity index (χ2v) is 6.08. The van der Waals surface area contributed by atoms with Gasteiger partial charge in [0.2, 0.25) is 0 Å². The Balaban J connectivity index is 1.53. The van der Waals surface area contributed by atoms with Gasteiger partial charge in [-0.1, -0.05) is 48.5 Å². The van der Waals surface area contributed by atoms with Crippen LogP contribution in [0.15, 0.2) is 60.7 Å². The molecule has 2 aromatic carbocycles. The third-order valence-electron chi connectivity index (χ3n) is 4.04. The van der Waals surface area contributed by atoms with Crippen LogP contribution < -0.4 is 10.6 Å². The maximum Gasteiger partial charge on any atom is 0.408 e. The van der Waals surface area contributed by atoms with E-state index in [1.165, 1.54) is 0 Å². The largest absolute Gasteiger partial charge is 0.480 e. The van der Waals surface area contributed by atoms with Crippen LogP contribution in [0.3, 0.4) is 0 Å². The lowest BCUT2D eigenvalue weighted by Crippen LogP contribution is -2.48. The zero-order valence-electron chi connectivity index (χ0n) is 14.8. The first kappa shape index (κ1) is 19.0. The number of aromatic amines is 1. The van der Waals surface area contributed by atoms with E-state index < -0.39 is 24.0 Å². The molecule has 2 amide bonds. The Labute approximate surface area is 160 Å². The number of rotatable bonds is 7. The molecule has 0 aliphatic heterocycles. The average Bonchev–Trinajstić information content (AvgIpc) is 3.14. The quantitative estimate of drug-likeness (QED) is 0.500. The third kappa shape index (κ3) is 4.88. The van der Waals surface area contributed by atoms with Gasteiger partial charge in [0.25, 0.3) is 5.91 Å². The van der Waals surface area contributed by atoms with E-state index in [9.17, 15) is 19.5 Å². The first-order valence-corrected chi connectivity index (χ1v) is 8.59. The average molecular weight is 381 g/mol. The maximum atomic E-state index is 12.3. The van der Waals surface area contributed by atoms with Gasteiger partial charge < -0.3 is 25.5 Å². The van der Waals surface area contributed by atoms with E-state index in [0.29, 0.717) is 5.69 Å². The summed E-state index contributed by atoms with van der Waals surface area (Å²) in [5.41, 5.74) is 1.87. The SMILES string of the molecule is O=C(N[C@@H](CNC(=O)c1cc2ccccc2[nH]1)C(=O)O)OCc1ccccc1. The zero-order chi connectivity index (χ0) is 19.9. The van der Waals surface area contributed by atoms with Gasteiger partial charge >= 0.3 is 12.1 Å². The summed E-state index contributed by atoms with van der Waals surface area (Å²) >= 11 is 0. The Bertz CT molecular complexity index is 951. The van der Waals surface area contributed by atoms with Gasteiger partial charge in [-0.15, -0.1) is 0 Å². The molecule has 0 radical (unpaired) electrons. The summed E-state index contributed by atoms with van der Waals surface area (Å²) in [7, 11) is 0. The van der Waals surface area contributed by atoms with Crippen LogP contribution in [0.2, 0.25) is 0 Å². The molecule has 8 nitrogen and oxygen atoms in total. The molecule has 1 aromatic heterocycles. The predicted octanol–water partition coefficient (Wildman–Crippen LogP) is 2.28. The van der Waals surface area contributed by atoms with E-state index in [1.807, 2.05) is 30.3 Å². The van der Waals surface area contributed by atoms with Crippen molar-refractivity contribution in [2.45, 2.75) is 12.6 Å². The highest BCUT2D eigenvalue weighted by Gasteiger charge is 2.22. The lowest BCUT2D eigenvalue weighted by Gasteiger charge is -2.15. The van der Waals surface area contributed by atoms with Crippen LogP contribution in [0.25, 0.3) is 10.9 Å². The third-order valence-corrected chi connectivity index (χ3v) is 4.04. The van der Waals surface area contributed by atoms with Gasteiger partial charge in [0.05, 0.1) is 0 Å². The van der Waals surface area contributed by atoms with Crippen molar-refractivity contribution in [2.75, 3.05) is 6.54 Å². The van der Waals surface area contributed by atoms with Gasteiger partial charge in [-0.2, -0.15) is 0 Å². The second-order valence-electron chi connectivity index (χ2n) is 6.08. The van der Waals surface area contributed by atoms with Crippen LogP contribution in [-0.4, -0.2) is 40.6 Å². The Morgan fingerprint density at radius 2 is 1.75 bits per heavy atom. The molecule has 144 valence electrons. The van der Waals surface area contributed by atoms with Gasteiger partial charge in [0.1, 0.15) is 18.3 Å². The number of carboxylic acids is 1. The summed E-state index contributed by atoms with van der Waals surface area (Å²) in [4.78, 5) is 38.4. The number of ether oxygens (including phenoxy) is 1. The Morgan fingerprint density at radius 3 is 2.46 bits per heavy atom. The molecule has 0 unspecified atom stereocenters. The summed E-state index contributed by atoms with van der Waals surface area (Å²) in [5.74, 6) is -1.75.